The molecule has 16 rings (SSSR count). The summed E-state index contributed by atoms with van der Waals surface area (Å²) >= 11 is 4.99. The molecule has 0 aromatic heterocycles. The van der Waals surface area contributed by atoms with E-state index in [4.69, 9.17) is 0 Å². The predicted octanol–water partition coefficient (Wildman–Crippen LogP) is 21.4. The van der Waals surface area contributed by atoms with Gasteiger partial charge in [0.05, 0.1) is 0 Å². The maximum Gasteiger partial charge on any atom is 0.0136 e. The van der Waals surface area contributed by atoms with Gasteiger partial charge in [-0.15, -0.1) is 0 Å². The van der Waals surface area contributed by atoms with Crippen molar-refractivity contribution in [3.05, 3.63) is 250 Å². The molecule has 0 radical (unpaired) electrons. The van der Waals surface area contributed by atoms with Crippen LogP contribution in [0.3, 0.4) is 0 Å². The number of fused-ring (bicyclic) bond motifs is 12. The second kappa shape index (κ2) is 16.3. The van der Waals surface area contributed by atoms with Gasteiger partial charge in [0.15, 0.2) is 0 Å². The van der Waals surface area contributed by atoms with E-state index in [9.17, 15) is 0 Å². The van der Waals surface area contributed by atoms with E-state index in [1.165, 1.54) is 172 Å². The average Bonchev–Trinajstić information content (AvgIpc) is 4.05. The molecule has 0 amide bonds. The first-order valence-corrected chi connectivity index (χ1v) is 27.5. The van der Waals surface area contributed by atoms with E-state index >= 15 is 0 Å². The highest BCUT2D eigenvalue weighted by Crippen LogP contribution is 2.61. The summed E-state index contributed by atoms with van der Waals surface area (Å²) in [6.07, 6.45) is 0. The number of hydrogen-bond acceptors (Lipinski definition) is 0. The van der Waals surface area contributed by atoms with Crippen molar-refractivity contribution < 1.29 is 0 Å². The molecule has 0 bridgehead atoms. The molecule has 2 heteroatoms. The van der Waals surface area contributed by atoms with Crippen LogP contribution in [0.1, 0.15) is 0 Å². The van der Waals surface area contributed by atoms with Gasteiger partial charge in [0.1, 0.15) is 0 Å². The summed E-state index contributed by atoms with van der Waals surface area (Å²) in [5, 5.41) is 15.5. The largest absolute Gasteiger partial charge is 0.0622 e. The topological polar surface area (TPSA) is 0 Å². The normalized spacial score (nSPS) is 12.2. The van der Waals surface area contributed by atoms with E-state index in [2.05, 4.69) is 288 Å². The Bertz CT molecular complexity index is 4740. The van der Waals surface area contributed by atoms with Crippen LogP contribution in [0.2, 0.25) is 0 Å². The smallest absolute Gasteiger partial charge is 0.0136 e. The summed E-state index contributed by atoms with van der Waals surface area (Å²) < 4.78 is 2.46. The van der Waals surface area contributed by atoms with Crippen LogP contribution in [0.4, 0.5) is 0 Å². The fourth-order valence-corrected chi connectivity index (χ4v) is 14.2. The van der Waals surface area contributed by atoms with Gasteiger partial charge in [0.2, 0.25) is 0 Å². The molecule has 0 atom stereocenters. The quantitative estimate of drug-likeness (QED) is 0.119. The highest BCUT2D eigenvalue weighted by atomic mass is 127. The molecule has 0 saturated heterocycles. The molecule has 0 nitrogen and oxygen atoms in total. The molecule has 0 heterocycles. The van der Waals surface area contributed by atoms with Gasteiger partial charge >= 0.3 is 0 Å². The molecule has 0 aliphatic heterocycles. The van der Waals surface area contributed by atoms with Gasteiger partial charge < -0.3 is 0 Å². The summed E-state index contributed by atoms with van der Waals surface area (Å²) in [5.41, 5.74) is 23.1. The van der Waals surface area contributed by atoms with Crippen molar-refractivity contribution in [1.82, 2.24) is 0 Å². The Labute approximate surface area is 455 Å². The molecule has 0 N–H and O–H groups in total. The van der Waals surface area contributed by atoms with Gasteiger partial charge in [0.25, 0.3) is 0 Å². The zero-order chi connectivity index (χ0) is 48.8. The van der Waals surface area contributed by atoms with Crippen LogP contribution >= 0.6 is 45.2 Å². The number of hydrogen-bond donors (Lipinski definition) is 0. The van der Waals surface area contributed by atoms with Crippen LogP contribution < -0.4 is 0 Å². The van der Waals surface area contributed by atoms with Crippen molar-refractivity contribution in [3.8, 4) is 100 Å². The van der Waals surface area contributed by atoms with Gasteiger partial charge in [0, 0.05) is 7.14 Å². The summed E-state index contributed by atoms with van der Waals surface area (Å²) in [5.74, 6) is 0. The molecule has 342 valence electrons. The van der Waals surface area contributed by atoms with Crippen molar-refractivity contribution in [2.75, 3.05) is 0 Å². The van der Waals surface area contributed by atoms with E-state index in [1.54, 1.807) is 0 Å². The van der Waals surface area contributed by atoms with Crippen molar-refractivity contribution in [3.63, 3.8) is 0 Å². The molecule has 0 fully saturated rings. The number of rotatable bonds is 5. The molecule has 2 aliphatic rings. The molecule has 0 spiro atoms. The lowest BCUT2D eigenvalue weighted by Gasteiger charge is -2.21. The van der Waals surface area contributed by atoms with Crippen LogP contribution in [0.5, 0.6) is 0 Å². The molecule has 14 aromatic rings. The van der Waals surface area contributed by atoms with Crippen molar-refractivity contribution in [2.24, 2.45) is 0 Å². The Kier molecular flexibility index (Phi) is 9.38. The van der Waals surface area contributed by atoms with E-state index in [0.717, 1.165) is 0 Å². The zero-order valence-corrected chi connectivity index (χ0v) is 44.2. The van der Waals surface area contributed by atoms with Crippen LogP contribution in [0, 0.1) is 7.14 Å². The third-order valence-electron chi connectivity index (χ3n) is 16.2. The lowest BCUT2D eigenvalue weighted by Crippen LogP contribution is -1.94. The average molecular weight is 1160 g/mol. The Morgan fingerprint density at radius 3 is 0.959 bits per heavy atom. The Morgan fingerprint density at radius 2 is 0.527 bits per heavy atom. The summed E-state index contributed by atoms with van der Waals surface area (Å²) in [7, 11) is 0. The highest BCUT2D eigenvalue weighted by molar-refractivity contribution is 14.1. The highest BCUT2D eigenvalue weighted by Gasteiger charge is 2.33. The minimum absolute atomic E-state index is 1.20. The third kappa shape index (κ3) is 6.13. The van der Waals surface area contributed by atoms with Crippen molar-refractivity contribution in [1.29, 1.82) is 0 Å². The first kappa shape index (κ1) is 42.6. The van der Waals surface area contributed by atoms with Crippen LogP contribution in [-0.4, -0.2) is 0 Å². The third-order valence-corrected chi connectivity index (χ3v) is 17.5. The minimum Gasteiger partial charge on any atom is -0.0622 e. The SMILES string of the molecule is Ic1ccc2c(-c3ccc(-c4ccc(-c5c6c(c(-c7ccccc7)c7cc(I)ccc57)-c5cc7ccccc7c7cccc-6c57)cc4)cc3)c3c(c(-c4ccccc4)c2c1)-c1cccc2c1c-3cc1ccccc12. The molecule has 0 saturated carbocycles. The van der Waals surface area contributed by atoms with E-state index in [1.807, 2.05) is 0 Å². The second-order valence-corrected chi connectivity index (χ2v) is 22.5. The van der Waals surface area contributed by atoms with Gasteiger partial charge in [-0.1, -0.05) is 206 Å². The summed E-state index contributed by atoms with van der Waals surface area (Å²) in [6, 6.07) is 91.5. The van der Waals surface area contributed by atoms with E-state index < -0.39 is 0 Å². The Morgan fingerprint density at radius 1 is 0.189 bits per heavy atom. The van der Waals surface area contributed by atoms with Crippen molar-refractivity contribution in [2.45, 2.75) is 0 Å². The molecule has 74 heavy (non-hydrogen) atoms. The maximum atomic E-state index is 2.49. The van der Waals surface area contributed by atoms with E-state index in [0.29, 0.717) is 0 Å². The van der Waals surface area contributed by atoms with Gasteiger partial charge in [-0.3, -0.25) is 0 Å². The van der Waals surface area contributed by atoms with E-state index in [-0.39, 0.29) is 0 Å². The minimum atomic E-state index is 1.20. The Balaban J connectivity index is 0.883. The predicted molar refractivity (Wildman–Crippen MR) is 333 cm³/mol. The fraction of sp³-hybridized carbons (Fsp3) is 0. The first-order chi connectivity index (χ1) is 36.6. The fourth-order valence-electron chi connectivity index (χ4n) is 13.2. The van der Waals surface area contributed by atoms with Gasteiger partial charge in [-0.25, -0.2) is 0 Å². The monoisotopic (exact) mass is 1160 g/mol. The lowest BCUT2D eigenvalue weighted by molar-refractivity contribution is 1.58. The summed E-state index contributed by atoms with van der Waals surface area (Å²) in [4.78, 5) is 0. The molecular formula is C72H40I2. The second-order valence-electron chi connectivity index (χ2n) is 20.0. The van der Waals surface area contributed by atoms with Crippen molar-refractivity contribution >= 4 is 110 Å². The van der Waals surface area contributed by atoms with Crippen LogP contribution in [0.15, 0.2) is 243 Å². The summed E-state index contributed by atoms with van der Waals surface area (Å²) in [6.45, 7) is 0. The molecule has 14 aromatic carbocycles. The molecule has 2 aliphatic carbocycles. The first-order valence-electron chi connectivity index (χ1n) is 25.4. The van der Waals surface area contributed by atoms with Gasteiger partial charge in [-0.2, -0.15) is 0 Å². The van der Waals surface area contributed by atoms with Crippen LogP contribution in [0.25, 0.3) is 165 Å². The maximum absolute atomic E-state index is 2.49. The van der Waals surface area contributed by atoms with Crippen LogP contribution in [-0.2, 0) is 0 Å². The number of benzene rings is 14. The lowest BCUT2D eigenvalue weighted by atomic mass is 9.82. The number of halogens is 2. The van der Waals surface area contributed by atoms with Gasteiger partial charge in [-0.05, 0) is 246 Å². The molecule has 0 unspecified atom stereocenters. The Hall–Kier alpha value is -7.90. The molecular weight excluding hydrogens is 1120 g/mol. The zero-order valence-electron chi connectivity index (χ0n) is 39.8. The standard InChI is InChI=1S/C72H40I2/c73-49-34-36-56-59(39-49)65(43-13-3-1-4-14-43)70-58-24-12-22-54-51-19-9-7-17-47(51)37-61(68(54)58)71(70)64(56)46-31-27-42(28-32-46)41-25-29-45(30-26-41)63-55-35-33-50(74)40-60(55)66(44-15-5-2-6-16-44)72-62-38-48-18-8-10-20-52(48)53-21-11-23-57(67(53)62)69(63)72/h1-40H.